The number of hydrogen-bond acceptors (Lipinski definition) is 6. The summed E-state index contributed by atoms with van der Waals surface area (Å²) in [5.74, 6) is 1.07. The molecule has 5 aromatic rings. The van der Waals surface area contributed by atoms with E-state index in [1.807, 2.05) is 45.5 Å². The summed E-state index contributed by atoms with van der Waals surface area (Å²) in [6.07, 6.45) is 13.0. The molecule has 10 heteroatoms. The summed E-state index contributed by atoms with van der Waals surface area (Å²) in [7, 11) is 1.62. The molecular weight excluding hydrogens is 420 g/mol. The molecule has 166 valence electrons. The van der Waals surface area contributed by atoms with Gasteiger partial charge in [0.05, 0.1) is 37.0 Å². The van der Waals surface area contributed by atoms with Crippen LogP contribution in [-0.4, -0.2) is 53.3 Å². The van der Waals surface area contributed by atoms with Gasteiger partial charge in [-0.3, -0.25) is 14.2 Å². The van der Waals surface area contributed by atoms with Crippen LogP contribution in [0.15, 0.2) is 73.8 Å². The standard InChI is InChI=1S/C23H22N8O2/c1-33-18-5-2-4-17(14-18)31-19(6-8-27-31)22-28-21(20-15-24-10-13-30(20)22)23(32)26-7-3-11-29-12-9-25-16-29/h2,4-6,8-10,12-16H,3,7,11H2,1H3,(H,26,32). The van der Waals surface area contributed by atoms with E-state index < -0.39 is 0 Å². The van der Waals surface area contributed by atoms with Crippen LogP contribution in [0.3, 0.4) is 0 Å². The number of fused-ring (bicyclic) bond motifs is 1. The molecule has 0 saturated carbocycles. The van der Waals surface area contributed by atoms with E-state index in [2.05, 4.69) is 20.4 Å². The molecule has 4 aromatic heterocycles. The second-order valence-electron chi connectivity index (χ2n) is 7.36. The number of rotatable bonds is 8. The lowest BCUT2D eigenvalue weighted by molar-refractivity contribution is 0.0950. The largest absolute Gasteiger partial charge is 0.497 e. The monoisotopic (exact) mass is 442 g/mol. The predicted octanol–water partition coefficient (Wildman–Crippen LogP) is 2.61. The Labute approximate surface area is 189 Å². The number of methoxy groups -OCH3 is 1. The first-order chi connectivity index (χ1) is 16.2. The molecule has 1 aromatic carbocycles. The van der Waals surface area contributed by atoms with E-state index in [1.54, 1.807) is 49.1 Å². The van der Waals surface area contributed by atoms with Gasteiger partial charge in [0, 0.05) is 43.9 Å². The topological polar surface area (TPSA) is 104 Å². The van der Waals surface area contributed by atoms with E-state index in [-0.39, 0.29) is 5.91 Å². The van der Waals surface area contributed by atoms with Gasteiger partial charge in [0.15, 0.2) is 11.5 Å². The van der Waals surface area contributed by atoms with E-state index in [9.17, 15) is 4.79 Å². The lowest BCUT2D eigenvalue weighted by atomic mass is 10.3. The van der Waals surface area contributed by atoms with Gasteiger partial charge in [-0.25, -0.2) is 14.6 Å². The molecular formula is C23H22N8O2. The summed E-state index contributed by atoms with van der Waals surface area (Å²) in [4.78, 5) is 25.9. The minimum atomic E-state index is -0.246. The van der Waals surface area contributed by atoms with Gasteiger partial charge in [0.1, 0.15) is 11.4 Å². The average Bonchev–Trinajstić information content (AvgIpc) is 3.61. The molecule has 0 fully saturated rings. The first-order valence-electron chi connectivity index (χ1n) is 10.5. The van der Waals surface area contributed by atoms with Crippen LogP contribution in [0.5, 0.6) is 5.75 Å². The zero-order valence-electron chi connectivity index (χ0n) is 18.0. The number of hydrogen-bond donors (Lipinski definition) is 1. The van der Waals surface area contributed by atoms with Gasteiger partial charge in [-0.2, -0.15) is 5.10 Å². The predicted molar refractivity (Wildman–Crippen MR) is 121 cm³/mol. The van der Waals surface area contributed by atoms with Crippen molar-refractivity contribution in [3.8, 4) is 23.0 Å². The minimum Gasteiger partial charge on any atom is -0.497 e. The third-order valence-electron chi connectivity index (χ3n) is 5.27. The highest BCUT2D eigenvalue weighted by atomic mass is 16.5. The second kappa shape index (κ2) is 8.95. The second-order valence-corrected chi connectivity index (χ2v) is 7.36. The van der Waals surface area contributed by atoms with Crippen molar-refractivity contribution >= 4 is 11.4 Å². The van der Waals surface area contributed by atoms with Gasteiger partial charge in [0.25, 0.3) is 5.91 Å². The van der Waals surface area contributed by atoms with E-state index in [4.69, 9.17) is 9.72 Å². The highest BCUT2D eigenvalue weighted by molar-refractivity contribution is 5.99. The van der Waals surface area contributed by atoms with Gasteiger partial charge in [-0.1, -0.05) is 6.07 Å². The Morgan fingerprint density at radius 2 is 2.03 bits per heavy atom. The molecule has 0 radical (unpaired) electrons. The maximum atomic E-state index is 13.0. The number of carbonyl (C=O) groups excluding carboxylic acids is 1. The highest BCUT2D eigenvalue weighted by Gasteiger charge is 2.21. The van der Waals surface area contributed by atoms with E-state index in [0.29, 0.717) is 23.6 Å². The summed E-state index contributed by atoms with van der Waals surface area (Å²) < 4.78 is 10.9. The fraction of sp³-hybridized carbons (Fsp3) is 0.174. The van der Waals surface area contributed by atoms with Crippen LogP contribution < -0.4 is 10.1 Å². The molecule has 1 N–H and O–H groups in total. The number of ether oxygens (including phenoxy) is 1. The van der Waals surface area contributed by atoms with Crippen molar-refractivity contribution in [2.45, 2.75) is 13.0 Å². The Morgan fingerprint density at radius 3 is 2.88 bits per heavy atom. The number of benzene rings is 1. The minimum absolute atomic E-state index is 0.246. The Hall–Kier alpha value is -4.47. The third-order valence-corrected chi connectivity index (χ3v) is 5.27. The number of carbonyl (C=O) groups is 1. The molecule has 0 atom stereocenters. The van der Waals surface area contributed by atoms with Gasteiger partial charge in [-0.15, -0.1) is 0 Å². The van der Waals surface area contributed by atoms with Crippen molar-refractivity contribution in [2.75, 3.05) is 13.7 Å². The van der Waals surface area contributed by atoms with Gasteiger partial charge >= 0.3 is 0 Å². The summed E-state index contributed by atoms with van der Waals surface area (Å²) in [5, 5.41) is 7.43. The van der Waals surface area contributed by atoms with Crippen molar-refractivity contribution in [3.63, 3.8) is 0 Å². The maximum Gasteiger partial charge on any atom is 0.272 e. The van der Waals surface area contributed by atoms with Crippen LogP contribution >= 0.6 is 0 Å². The molecule has 5 rings (SSSR count). The fourth-order valence-electron chi connectivity index (χ4n) is 3.67. The van der Waals surface area contributed by atoms with Crippen molar-refractivity contribution in [3.05, 3.63) is 79.5 Å². The lowest BCUT2D eigenvalue weighted by Gasteiger charge is -2.08. The number of imidazole rings is 2. The Bertz CT molecular complexity index is 1390. The summed E-state index contributed by atoms with van der Waals surface area (Å²) in [6.45, 7) is 1.30. The van der Waals surface area contributed by atoms with Gasteiger partial charge < -0.3 is 14.6 Å². The Balaban J connectivity index is 1.44. The molecule has 4 heterocycles. The highest BCUT2D eigenvalue weighted by Crippen LogP contribution is 2.26. The molecule has 0 aliphatic heterocycles. The number of nitrogens with zero attached hydrogens (tertiary/aromatic N) is 7. The first kappa shape index (κ1) is 20.4. The van der Waals surface area contributed by atoms with Crippen molar-refractivity contribution < 1.29 is 9.53 Å². The number of aryl methyl sites for hydroxylation is 1. The zero-order chi connectivity index (χ0) is 22.6. The molecule has 0 spiro atoms. The van der Waals surface area contributed by atoms with Gasteiger partial charge in [-0.05, 0) is 24.6 Å². The first-order valence-corrected chi connectivity index (χ1v) is 10.5. The summed E-state index contributed by atoms with van der Waals surface area (Å²) >= 11 is 0. The molecule has 33 heavy (non-hydrogen) atoms. The molecule has 0 aliphatic rings. The molecule has 10 nitrogen and oxygen atoms in total. The van der Waals surface area contributed by atoms with E-state index in [0.717, 1.165) is 30.1 Å². The molecule has 0 saturated heterocycles. The van der Waals surface area contributed by atoms with E-state index >= 15 is 0 Å². The van der Waals surface area contributed by atoms with Crippen molar-refractivity contribution in [2.24, 2.45) is 0 Å². The van der Waals surface area contributed by atoms with Crippen LogP contribution in [0.2, 0.25) is 0 Å². The zero-order valence-corrected chi connectivity index (χ0v) is 18.0. The van der Waals surface area contributed by atoms with Crippen LogP contribution in [0, 0.1) is 0 Å². The van der Waals surface area contributed by atoms with Crippen LogP contribution in [-0.2, 0) is 6.54 Å². The Morgan fingerprint density at radius 1 is 1.12 bits per heavy atom. The third kappa shape index (κ3) is 4.05. The number of amides is 1. The SMILES string of the molecule is COc1cccc(-n2nccc2-c2nc(C(=O)NCCCn3ccnc3)c3cnccn23)c1. The number of nitrogens with one attached hydrogen (secondary N) is 1. The van der Waals surface area contributed by atoms with Crippen LogP contribution in [0.1, 0.15) is 16.9 Å². The summed E-state index contributed by atoms with van der Waals surface area (Å²) in [6, 6.07) is 9.46. The molecule has 0 aliphatic carbocycles. The maximum absolute atomic E-state index is 13.0. The van der Waals surface area contributed by atoms with Crippen molar-refractivity contribution in [1.29, 1.82) is 0 Å². The molecule has 0 unspecified atom stereocenters. The average molecular weight is 442 g/mol. The quantitative estimate of drug-likeness (QED) is 0.371. The summed E-state index contributed by atoms with van der Waals surface area (Å²) in [5.41, 5.74) is 2.51. The smallest absolute Gasteiger partial charge is 0.272 e. The Kier molecular flexibility index (Phi) is 5.54. The van der Waals surface area contributed by atoms with Gasteiger partial charge in [0.2, 0.25) is 0 Å². The van der Waals surface area contributed by atoms with E-state index in [1.165, 1.54) is 0 Å². The fourth-order valence-corrected chi connectivity index (χ4v) is 3.67. The lowest BCUT2D eigenvalue weighted by Crippen LogP contribution is -2.25. The van der Waals surface area contributed by atoms with Crippen LogP contribution in [0.4, 0.5) is 0 Å². The normalized spacial score (nSPS) is 11.1. The molecule has 0 bridgehead atoms. The molecule has 1 amide bonds. The van der Waals surface area contributed by atoms with Crippen molar-refractivity contribution in [1.82, 2.24) is 39.0 Å². The number of aromatic nitrogens is 7. The van der Waals surface area contributed by atoms with Crippen LogP contribution in [0.25, 0.3) is 22.7 Å².